The van der Waals surface area contributed by atoms with E-state index in [4.69, 9.17) is 11.6 Å². The lowest BCUT2D eigenvalue weighted by Gasteiger charge is -2.34. The second-order valence-corrected chi connectivity index (χ2v) is 8.85. The van der Waals surface area contributed by atoms with Gasteiger partial charge in [0.15, 0.2) is 0 Å². The summed E-state index contributed by atoms with van der Waals surface area (Å²) in [6.07, 6.45) is 6.23. The fourth-order valence-electron chi connectivity index (χ4n) is 3.93. The molecule has 2 aromatic rings. The molecule has 8 nitrogen and oxygen atoms in total. The first kappa shape index (κ1) is 20.0. The summed E-state index contributed by atoms with van der Waals surface area (Å²) in [5, 5.41) is 22.1. The second kappa shape index (κ2) is 8.62. The van der Waals surface area contributed by atoms with E-state index in [9.17, 15) is 14.9 Å². The number of nitro benzene ring substituents is 1. The topological polar surface area (TPSA) is 92.5 Å². The van der Waals surface area contributed by atoms with Gasteiger partial charge in [0.2, 0.25) is 5.13 Å². The highest BCUT2D eigenvalue weighted by Gasteiger charge is 2.27. The van der Waals surface area contributed by atoms with Crippen molar-refractivity contribution in [3.05, 3.63) is 43.9 Å². The lowest BCUT2D eigenvalue weighted by molar-refractivity contribution is -0.384. The van der Waals surface area contributed by atoms with Crippen LogP contribution in [0.25, 0.3) is 0 Å². The third-order valence-electron chi connectivity index (χ3n) is 5.61. The molecule has 0 N–H and O–H groups in total. The number of halogens is 1. The van der Waals surface area contributed by atoms with E-state index in [1.807, 2.05) is 0 Å². The first-order valence-electron chi connectivity index (χ1n) is 9.84. The number of hydrogen-bond donors (Lipinski definition) is 0. The molecule has 2 fully saturated rings. The van der Waals surface area contributed by atoms with Crippen LogP contribution in [0.15, 0.2) is 18.2 Å². The van der Waals surface area contributed by atoms with Crippen LogP contribution >= 0.6 is 22.9 Å². The summed E-state index contributed by atoms with van der Waals surface area (Å²) < 4.78 is 0. The van der Waals surface area contributed by atoms with Crippen LogP contribution in [0.3, 0.4) is 0 Å². The molecule has 0 spiro atoms. The number of nitrogens with zero attached hydrogens (tertiary/aromatic N) is 5. The molecule has 1 saturated carbocycles. The Bertz CT molecular complexity index is 907. The van der Waals surface area contributed by atoms with Gasteiger partial charge in [-0.05, 0) is 18.9 Å². The Kier molecular flexibility index (Phi) is 5.96. The van der Waals surface area contributed by atoms with Crippen LogP contribution in [0, 0.1) is 10.1 Å². The highest BCUT2D eigenvalue weighted by atomic mass is 35.5. The molecule has 10 heteroatoms. The van der Waals surface area contributed by atoms with E-state index in [-0.39, 0.29) is 22.2 Å². The molecule has 1 aromatic carbocycles. The first-order chi connectivity index (χ1) is 14.0. The van der Waals surface area contributed by atoms with E-state index in [1.54, 1.807) is 16.2 Å². The predicted molar refractivity (Wildman–Crippen MR) is 112 cm³/mol. The molecule has 1 amide bonds. The molecule has 2 aliphatic rings. The van der Waals surface area contributed by atoms with Crippen LogP contribution in [-0.2, 0) is 0 Å². The molecule has 2 heterocycles. The Morgan fingerprint density at radius 1 is 1.14 bits per heavy atom. The number of piperazine rings is 1. The van der Waals surface area contributed by atoms with Gasteiger partial charge in [-0.3, -0.25) is 14.9 Å². The summed E-state index contributed by atoms with van der Waals surface area (Å²) in [6.45, 7) is 2.32. The van der Waals surface area contributed by atoms with Crippen molar-refractivity contribution in [2.75, 3.05) is 31.1 Å². The van der Waals surface area contributed by atoms with Crippen LogP contribution < -0.4 is 4.90 Å². The van der Waals surface area contributed by atoms with E-state index >= 15 is 0 Å². The SMILES string of the molecule is O=C(c1cc([N+](=O)[O-])ccc1Cl)N1CCN(c2nnc(C3CCCCC3)s2)CC1. The number of nitro groups is 1. The highest BCUT2D eigenvalue weighted by molar-refractivity contribution is 7.15. The molecule has 1 aliphatic heterocycles. The van der Waals surface area contributed by atoms with Crippen molar-refractivity contribution < 1.29 is 9.72 Å². The average Bonchev–Trinajstić information content (AvgIpc) is 3.24. The van der Waals surface area contributed by atoms with Crippen molar-refractivity contribution in [1.82, 2.24) is 15.1 Å². The number of non-ortho nitro benzene ring substituents is 1. The van der Waals surface area contributed by atoms with E-state index in [0.717, 1.165) is 10.1 Å². The van der Waals surface area contributed by atoms with E-state index < -0.39 is 4.92 Å². The average molecular weight is 436 g/mol. The van der Waals surface area contributed by atoms with Gasteiger partial charge in [0.25, 0.3) is 11.6 Å². The Balaban J connectivity index is 1.39. The Hall–Kier alpha value is -2.26. The molecule has 0 radical (unpaired) electrons. The van der Waals surface area contributed by atoms with Crippen molar-refractivity contribution >= 4 is 39.7 Å². The largest absolute Gasteiger partial charge is 0.343 e. The normalized spacial score (nSPS) is 18.1. The Morgan fingerprint density at radius 2 is 1.86 bits per heavy atom. The van der Waals surface area contributed by atoms with Gasteiger partial charge in [0, 0.05) is 44.2 Å². The summed E-state index contributed by atoms with van der Waals surface area (Å²) >= 11 is 7.78. The van der Waals surface area contributed by atoms with Crippen molar-refractivity contribution in [2.24, 2.45) is 0 Å². The summed E-state index contributed by atoms with van der Waals surface area (Å²) in [6, 6.07) is 3.95. The van der Waals surface area contributed by atoms with Gasteiger partial charge in [0.1, 0.15) is 5.01 Å². The number of hydrogen-bond acceptors (Lipinski definition) is 7. The number of carbonyl (C=O) groups excluding carboxylic acids is 1. The number of benzene rings is 1. The fraction of sp³-hybridized carbons (Fsp3) is 0.526. The van der Waals surface area contributed by atoms with Crippen LogP contribution in [0.4, 0.5) is 10.8 Å². The summed E-state index contributed by atoms with van der Waals surface area (Å²) in [7, 11) is 0. The maximum Gasteiger partial charge on any atom is 0.270 e. The summed E-state index contributed by atoms with van der Waals surface area (Å²) in [5.74, 6) is 0.257. The van der Waals surface area contributed by atoms with Crippen molar-refractivity contribution in [3.8, 4) is 0 Å². The Morgan fingerprint density at radius 3 is 2.55 bits per heavy atom. The highest BCUT2D eigenvalue weighted by Crippen LogP contribution is 2.36. The van der Waals surface area contributed by atoms with E-state index in [1.165, 1.54) is 50.3 Å². The summed E-state index contributed by atoms with van der Waals surface area (Å²) in [4.78, 5) is 27.1. The number of carbonyl (C=O) groups is 1. The Labute approximate surface area is 177 Å². The molecule has 0 bridgehead atoms. The smallest absolute Gasteiger partial charge is 0.270 e. The molecular weight excluding hydrogens is 414 g/mol. The minimum Gasteiger partial charge on any atom is -0.343 e. The third-order valence-corrected chi connectivity index (χ3v) is 7.09. The molecule has 4 rings (SSSR count). The predicted octanol–water partition coefficient (Wildman–Crippen LogP) is 4.11. The second-order valence-electron chi connectivity index (χ2n) is 7.46. The monoisotopic (exact) mass is 435 g/mol. The van der Waals surface area contributed by atoms with Gasteiger partial charge in [-0.1, -0.05) is 42.2 Å². The molecule has 1 aliphatic carbocycles. The van der Waals surface area contributed by atoms with Crippen LogP contribution in [0.2, 0.25) is 5.02 Å². The summed E-state index contributed by atoms with van der Waals surface area (Å²) in [5.41, 5.74) is 0.0327. The number of amides is 1. The maximum atomic E-state index is 12.8. The molecule has 0 atom stereocenters. The molecule has 1 saturated heterocycles. The molecule has 1 aromatic heterocycles. The van der Waals surface area contributed by atoms with Crippen molar-refractivity contribution in [1.29, 1.82) is 0 Å². The van der Waals surface area contributed by atoms with Gasteiger partial charge in [-0.25, -0.2) is 0 Å². The van der Waals surface area contributed by atoms with Crippen molar-refractivity contribution in [2.45, 2.75) is 38.0 Å². The zero-order chi connectivity index (χ0) is 20.4. The first-order valence-corrected chi connectivity index (χ1v) is 11.0. The minimum absolute atomic E-state index is 0.138. The number of anilines is 1. The fourth-order valence-corrected chi connectivity index (χ4v) is 5.19. The van der Waals surface area contributed by atoms with Gasteiger partial charge in [-0.15, -0.1) is 10.2 Å². The zero-order valence-corrected chi connectivity index (χ0v) is 17.5. The van der Waals surface area contributed by atoms with Crippen LogP contribution in [0.1, 0.15) is 53.4 Å². The molecule has 0 unspecified atom stereocenters. The van der Waals surface area contributed by atoms with Crippen molar-refractivity contribution in [3.63, 3.8) is 0 Å². The molecule has 154 valence electrons. The minimum atomic E-state index is -0.523. The van der Waals surface area contributed by atoms with Gasteiger partial charge < -0.3 is 9.80 Å². The lowest BCUT2D eigenvalue weighted by Crippen LogP contribution is -2.48. The van der Waals surface area contributed by atoms with Gasteiger partial charge >= 0.3 is 0 Å². The number of rotatable bonds is 4. The number of aromatic nitrogens is 2. The van der Waals surface area contributed by atoms with Crippen LogP contribution in [-0.4, -0.2) is 52.1 Å². The van der Waals surface area contributed by atoms with E-state index in [0.29, 0.717) is 32.1 Å². The van der Waals surface area contributed by atoms with Crippen LogP contribution in [0.5, 0.6) is 0 Å². The van der Waals surface area contributed by atoms with Gasteiger partial charge in [0.05, 0.1) is 15.5 Å². The molecule has 29 heavy (non-hydrogen) atoms. The maximum absolute atomic E-state index is 12.8. The van der Waals surface area contributed by atoms with E-state index in [2.05, 4.69) is 15.1 Å². The quantitative estimate of drug-likeness (QED) is 0.530. The zero-order valence-electron chi connectivity index (χ0n) is 15.9. The van der Waals surface area contributed by atoms with Gasteiger partial charge in [-0.2, -0.15) is 0 Å². The lowest BCUT2D eigenvalue weighted by atomic mass is 9.90. The third kappa shape index (κ3) is 4.35. The standard InChI is InChI=1S/C19H22ClN5O3S/c20-16-7-6-14(25(27)28)12-15(16)18(26)23-8-10-24(11-9-23)19-22-21-17(29-19)13-4-2-1-3-5-13/h6-7,12-13H,1-5,8-11H2. The molecular formula is C19H22ClN5O3S.